The maximum absolute atomic E-state index is 6.18. The van der Waals surface area contributed by atoms with E-state index in [1.54, 1.807) is 4.68 Å². The zero-order chi connectivity index (χ0) is 18.5. The molecule has 1 aromatic carbocycles. The molecule has 2 aromatic heterocycles. The molecule has 0 radical (unpaired) electrons. The summed E-state index contributed by atoms with van der Waals surface area (Å²) in [7, 11) is 0. The molecular formula is C19H24N6OS. The number of nitrogens with two attached hydrogens (primary N) is 1. The Kier molecular flexibility index (Phi) is 5.72. The van der Waals surface area contributed by atoms with Crippen LogP contribution >= 0.6 is 11.8 Å². The number of hydrogen-bond donors (Lipinski definition) is 1. The van der Waals surface area contributed by atoms with Gasteiger partial charge >= 0.3 is 0 Å². The summed E-state index contributed by atoms with van der Waals surface area (Å²) in [6, 6.07) is 9.73. The predicted octanol–water partition coefficient (Wildman–Crippen LogP) is 3.85. The van der Waals surface area contributed by atoms with Crippen LogP contribution in [-0.2, 0) is 12.2 Å². The summed E-state index contributed by atoms with van der Waals surface area (Å²) in [6.45, 7) is 0. The summed E-state index contributed by atoms with van der Waals surface area (Å²) in [6.07, 6.45) is 8.79. The molecule has 7 nitrogen and oxygen atoms in total. The fourth-order valence-corrected chi connectivity index (χ4v) is 4.23. The summed E-state index contributed by atoms with van der Waals surface area (Å²) < 4.78 is 7.32. The van der Waals surface area contributed by atoms with Gasteiger partial charge in [-0.15, -0.1) is 20.4 Å². The van der Waals surface area contributed by atoms with E-state index in [0.717, 1.165) is 30.1 Å². The zero-order valence-electron chi connectivity index (χ0n) is 15.3. The molecule has 0 aliphatic heterocycles. The highest BCUT2D eigenvalue weighted by atomic mass is 32.2. The molecule has 0 bridgehead atoms. The minimum atomic E-state index is 0.512. The molecule has 0 saturated heterocycles. The smallest absolute Gasteiger partial charge is 0.247 e. The van der Waals surface area contributed by atoms with E-state index in [1.165, 1.54) is 43.9 Å². The molecule has 0 spiro atoms. The maximum Gasteiger partial charge on any atom is 0.247 e. The third-order valence-electron chi connectivity index (χ3n) is 5.05. The van der Waals surface area contributed by atoms with Crippen molar-refractivity contribution in [2.24, 2.45) is 5.92 Å². The topological polar surface area (TPSA) is 95.7 Å². The molecule has 142 valence electrons. The van der Waals surface area contributed by atoms with Crippen LogP contribution in [0, 0.1) is 5.92 Å². The van der Waals surface area contributed by atoms with Gasteiger partial charge in [-0.25, -0.2) is 4.68 Å². The van der Waals surface area contributed by atoms with Gasteiger partial charge in [-0.2, -0.15) is 0 Å². The van der Waals surface area contributed by atoms with Gasteiger partial charge in [-0.3, -0.25) is 0 Å². The molecule has 3 aromatic rings. The molecule has 8 heteroatoms. The molecule has 1 aliphatic carbocycles. The minimum Gasteiger partial charge on any atom is -0.420 e. The summed E-state index contributed by atoms with van der Waals surface area (Å²) >= 11 is 1.46. The summed E-state index contributed by atoms with van der Waals surface area (Å²) in [5, 5.41) is 17.4. The number of aryl methyl sites for hydroxylation is 1. The largest absolute Gasteiger partial charge is 0.420 e. The van der Waals surface area contributed by atoms with E-state index in [1.807, 2.05) is 30.3 Å². The van der Waals surface area contributed by atoms with Gasteiger partial charge in [0.1, 0.15) is 0 Å². The predicted molar refractivity (Wildman–Crippen MR) is 104 cm³/mol. The van der Waals surface area contributed by atoms with E-state index in [0.29, 0.717) is 22.7 Å². The van der Waals surface area contributed by atoms with Gasteiger partial charge in [0.25, 0.3) is 0 Å². The van der Waals surface area contributed by atoms with Gasteiger partial charge in [0.05, 0.1) is 5.75 Å². The van der Waals surface area contributed by atoms with E-state index in [9.17, 15) is 0 Å². The lowest BCUT2D eigenvalue weighted by molar-refractivity contribution is 0.336. The van der Waals surface area contributed by atoms with Crippen molar-refractivity contribution in [1.82, 2.24) is 25.1 Å². The van der Waals surface area contributed by atoms with Crippen LogP contribution in [-0.4, -0.2) is 25.1 Å². The Morgan fingerprint density at radius 1 is 1.04 bits per heavy atom. The molecule has 27 heavy (non-hydrogen) atoms. The van der Waals surface area contributed by atoms with Crippen LogP contribution in [0.3, 0.4) is 0 Å². The first-order valence-corrected chi connectivity index (χ1v) is 10.5. The highest BCUT2D eigenvalue weighted by Crippen LogP contribution is 2.28. The Hall–Kier alpha value is -2.35. The lowest BCUT2D eigenvalue weighted by atomic mass is 9.86. The number of aromatic nitrogens is 5. The summed E-state index contributed by atoms with van der Waals surface area (Å²) in [4.78, 5) is 0. The molecule has 0 unspecified atom stereocenters. The van der Waals surface area contributed by atoms with Crippen molar-refractivity contribution in [2.75, 3.05) is 5.84 Å². The van der Waals surface area contributed by atoms with Crippen LogP contribution in [0.15, 0.2) is 39.9 Å². The summed E-state index contributed by atoms with van der Waals surface area (Å²) in [5.41, 5.74) is 0.910. The highest BCUT2D eigenvalue weighted by molar-refractivity contribution is 7.98. The van der Waals surface area contributed by atoms with Gasteiger partial charge in [0.15, 0.2) is 5.82 Å². The second kappa shape index (κ2) is 8.56. The Morgan fingerprint density at radius 3 is 2.67 bits per heavy atom. The Balaban J connectivity index is 1.32. The van der Waals surface area contributed by atoms with E-state index in [4.69, 9.17) is 10.3 Å². The van der Waals surface area contributed by atoms with E-state index in [2.05, 4.69) is 20.4 Å². The molecule has 2 N–H and O–H groups in total. The number of rotatable bonds is 7. The lowest BCUT2D eigenvalue weighted by Crippen LogP contribution is -2.16. The lowest BCUT2D eigenvalue weighted by Gasteiger charge is -2.20. The van der Waals surface area contributed by atoms with E-state index >= 15 is 0 Å². The van der Waals surface area contributed by atoms with Crippen LogP contribution in [0.4, 0.5) is 0 Å². The van der Waals surface area contributed by atoms with Crippen LogP contribution < -0.4 is 5.84 Å². The van der Waals surface area contributed by atoms with Crippen molar-refractivity contribution in [3.8, 4) is 11.5 Å². The van der Waals surface area contributed by atoms with Crippen LogP contribution in [0.2, 0.25) is 0 Å². The van der Waals surface area contributed by atoms with E-state index in [-0.39, 0.29) is 0 Å². The Bertz CT molecular complexity index is 856. The molecule has 1 saturated carbocycles. The number of benzene rings is 1. The van der Waals surface area contributed by atoms with Crippen molar-refractivity contribution < 1.29 is 4.42 Å². The quantitative estimate of drug-likeness (QED) is 0.488. The number of hydrogen-bond acceptors (Lipinski definition) is 7. The molecule has 4 rings (SSSR count). The molecule has 0 amide bonds. The Morgan fingerprint density at radius 2 is 1.85 bits per heavy atom. The molecule has 2 heterocycles. The van der Waals surface area contributed by atoms with Crippen LogP contribution in [0.25, 0.3) is 11.5 Å². The van der Waals surface area contributed by atoms with Crippen molar-refractivity contribution in [2.45, 2.75) is 55.9 Å². The second-order valence-electron chi connectivity index (χ2n) is 6.97. The average molecular weight is 385 g/mol. The van der Waals surface area contributed by atoms with Crippen LogP contribution in [0.5, 0.6) is 0 Å². The van der Waals surface area contributed by atoms with Gasteiger partial charge in [0, 0.05) is 12.0 Å². The maximum atomic E-state index is 6.18. The first kappa shape index (κ1) is 18.0. The first-order chi connectivity index (χ1) is 13.3. The second-order valence-corrected chi connectivity index (χ2v) is 7.91. The van der Waals surface area contributed by atoms with Crippen LogP contribution in [0.1, 0.15) is 50.2 Å². The average Bonchev–Trinajstić information content (AvgIpc) is 3.33. The molecule has 1 aliphatic rings. The first-order valence-electron chi connectivity index (χ1n) is 9.49. The van der Waals surface area contributed by atoms with E-state index < -0.39 is 0 Å². The van der Waals surface area contributed by atoms with Crippen molar-refractivity contribution in [3.05, 3.63) is 42.0 Å². The molecule has 1 fully saturated rings. The monoisotopic (exact) mass is 384 g/mol. The molecular weight excluding hydrogens is 360 g/mol. The van der Waals surface area contributed by atoms with Crippen molar-refractivity contribution >= 4 is 11.8 Å². The SMILES string of the molecule is Nn1c(CCC2CCCCC2)nnc1SCc1nnc(-c2ccccc2)o1. The standard InChI is InChI=1S/C19H24N6OS/c20-25-16(12-11-14-7-3-1-4-8-14)21-24-19(25)27-13-17-22-23-18(26-17)15-9-5-2-6-10-15/h2,5-6,9-10,14H,1,3-4,7-8,11-13,20H2. The third kappa shape index (κ3) is 4.50. The minimum absolute atomic E-state index is 0.512. The number of nitrogen functional groups attached to an aromatic ring is 1. The van der Waals surface area contributed by atoms with Gasteiger partial charge in [-0.05, 0) is 24.5 Å². The van der Waals surface area contributed by atoms with Crippen molar-refractivity contribution in [1.29, 1.82) is 0 Å². The Labute approximate surface area is 162 Å². The third-order valence-corrected chi connectivity index (χ3v) is 5.98. The van der Waals surface area contributed by atoms with Crippen molar-refractivity contribution in [3.63, 3.8) is 0 Å². The normalized spacial score (nSPS) is 15.3. The fraction of sp³-hybridized carbons (Fsp3) is 0.474. The highest BCUT2D eigenvalue weighted by Gasteiger charge is 2.17. The van der Waals surface area contributed by atoms with Gasteiger partial charge in [-0.1, -0.05) is 62.1 Å². The zero-order valence-corrected chi connectivity index (χ0v) is 16.1. The van der Waals surface area contributed by atoms with Gasteiger partial charge < -0.3 is 10.3 Å². The number of thioether (sulfide) groups is 1. The fourth-order valence-electron chi connectivity index (χ4n) is 3.52. The van der Waals surface area contributed by atoms with Gasteiger partial charge in [0.2, 0.25) is 16.9 Å². The summed E-state index contributed by atoms with van der Waals surface area (Å²) in [5.74, 6) is 9.42. The molecule has 0 atom stereocenters. The number of nitrogens with zero attached hydrogens (tertiary/aromatic N) is 5.